The number of urea groups is 1. The average Bonchev–Trinajstić information content (AvgIpc) is 3.21. The molecule has 0 spiro atoms. The number of likely N-dealkylation sites (tertiary alicyclic amines) is 1. The van der Waals surface area contributed by atoms with E-state index >= 15 is 0 Å². The second-order valence-electron chi connectivity index (χ2n) is 9.11. The number of benzene rings is 1. The normalized spacial score (nSPS) is 18.5. The van der Waals surface area contributed by atoms with Crippen molar-refractivity contribution in [2.75, 3.05) is 13.1 Å². The number of carbonyl (C=O) groups is 2. The van der Waals surface area contributed by atoms with Crippen LogP contribution in [0.2, 0.25) is 0 Å². The van der Waals surface area contributed by atoms with Gasteiger partial charge in [-0.05, 0) is 43.1 Å². The van der Waals surface area contributed by atoms with Crippen molar-refractivity contribution in [3.8, 4) is 6.07 Å². The van der Waals surface area contributed by atoms with E-state index in [1.54, 1.807) is 4.90 Å². The van der Waals surface area contributed by atoms with Gasteiger partial charge in [-0.15, -0.1) is 0 Å². The molecule has 174 valence electrons. The molecule has 2 unspecified atom stereocenters. The molecule has 1 aliphatic rings. The second-order valence-corrected chi connectivity index (χ2v) is 9.11. The zero-order valence-corrected chi connectivity index (χ0v) is 19.2. The summed E-state index contributed by atoms with van der Waals surface area (Å²) in [7, 11) is -1.70. The third-order valence-electron chi connectivity index (χ3n) is 5.95. The summed E-state index contributed by atoms with van der Waals surface area (Å²) < 4.78 is 0. The summed E-state index contributed by atoms with van der Waals surface area (Å²) in [5, 5.41) is 34.2. The van der Waals surface area contributed by atoms with Crippen LogP contribution in [0.4, 0.5) is 4.79 Å². The number of nitrogens with one attached hydrogen (secondary N) is 2. The molecule has 2 rings (SSSR count). The highest BCUT2D eigenvalue weighted by Crippen LogP contribution is 2.26. The van der Waals surface area contributed by atoms with Crippen LogP contribution < -0.4 is 10.6 Å². The van der Waals surface area contributed by atoms with Gasteiger partial charge in [0.05, 0.1) is 12.0 Å². The minimum Gasteiger partial charge on any atom is -0.426 e. The minimum absolute atomic E-state index is 0.0326. The summed E-state index contributed by atoms with van der Waals surface area (Å²) in [5.41, 5.74) is 0.872. The number of nitrogens with zero attached hydrogens (tertiary/aromatic N) is 2. The van der Waals surface area contributed by atoms with Crippen molar-refractivity contribution in [3.63, 3.8) is 0 Å². The summed E-state index contributed by atoms with van der Waals surface area (Å²) >= 11 is 0. The van der Waals surface area contributed by atoms with Crippen molar-refractivity contribution in [1.82, 2.24) is 15.5 Å². The molecule has 0 bridgehead atoms. The Kier molecular flexibility index (Phi) is 10.0. The summed E-state index contributed by atoms with van der Waals surface area (Å²) in [6.07, 6.45) is 2.65. The Balaban J connectivity index is 1.91. The number of rotatable bonds is 10. The van der Waals surface area contributed by atoms with Gasteiger partial charge in [0, 0.05) is 19.1 Å². The summed E-state index contributed by atoms with van der Waals surface area (Å²) in [6.45, 7) is 6.91. The van der Waals surface area contributed by atoms with Crippen LogP contribution in [0.15, 0.2) is 30.3 Å². The minimum atomic E-state index is -1.70. The molecule has 1 saturated heterocycles. The van der Waals surface area contributed by atoms with Crippen molar-refractivity contribution < 1.29 is 19.6 Å². The molecule has 0 saturated carbocycles. The molecule has 4 atom stereocenters. The Morgan fingerprint density at radius 2 is 1.94 bits per heavy atom. The lowest BCUT2D eigenvalue weighted by Gasteiger charge is -2.29. The van der Waals surface area contributed by atoms with E-state index in [1.165, 1.54) is 0 Å². The van der Waals surface area contributed by atoms with Crippen LogP contribution in [0.3, 0.4) is 0 Å². The van der Waals surface area contributed by atoms with E-state index in [9.17, 15) is 24.9 Å². The van der Waals surface area contributed by atoms with Crippen LogP contribution in [0.25, 0.3) is 0 Å². The van der Waals surface area contributed by atoms with Crippen molar-refractivity contribution >= 4 is 19.1 Å². The van der Waals surface area contributed by atoms with Crippen LogP contribution in [0, 0.1) is 29.1 Å². The number of nitriles is 1. The Hall–Kier alpha value is -2.57. The van der Waals surface area contributed by atoms with Gasteiger partial charge in [0.2, 0.25) is 5.91 Å². The number of amides is 3. The number of carbonyl (C=O) groups excluding carboxylic acids is 2. The SMILES string of the molecule is CC(C)CC(C)C(C#N)C(=O)N1CCC[C@@H]1CNC(=O)N[C@@H](Cc1ccccc1)B(O)O. The van der Waals surface area contributed by atoms with Gasteiger partial charge >= 0.3 is 13.1 Å². The molecular weight excluding hydrogens is 407 g/mol. The van der Waals surface area contributed by atoms with Gasteiger partial charge in [0.15, 0.2) is 0 Å². The molecule has 9 heteroatoms. The van der Waals surface area contributed by atoms with Crippen molar-refractivity contribution in [2.45, 2.75) is 58.4 Å². The van der Waals surface area contributed by atoms with E-state index in [2.05, 4.69) is 30.6 Å². The fourth-order valence-corrected chi connectivity index (χ4v) is 4.35. The quantitative estimate of drug-likeness (QED) is 0.411. The fourth-order valence-electron chi connectivity index (χ4n) is 4.35. The molecule has 1 aliphatic heterocycles. The number of hydrogen-bond acceptors (Lipinski definition) is 5. The largest absolute Gasteiger partial charge is 0.475 e. The number of hydrogen-bond donors (Lipinski definition) is 4. The molecule has 1 aromatic carbocycles. The third-order valence-corrected chi connectivity index (χ3v) is 5.95. The van der Waals surface area contributed by atoms with Gasteiger partial charge in [0.1, 0.15) is 5.92 Å². The van der Waals surface area contributed by atoms with E-state index in [4.69, 9.17) is 0 Å². The highest BCUT2D eigenvalue weighted by atomic mass is 16.4. The molecule has 8 nitrogen and oxygen atoms in total. The topological polar surface area (TPSA) is 126 Å². The highest BCUT2D eigenvalue weighted by molar-refractivity contribution is 6.43. The zero-order chi connectivity index (χ0) is 23.7. The van der Waals surface area contributed by atoms with E-state index in [0.29, 0.717) is 12.5 Å². The van der Waals surface area contributed by atoms with Crippen molar-refractivity contribution in [3.05, 3.63) is 35.9 Å². The van der Waals surface area contributed by atoms with Crippen LogP contribution in [0.1, 0.15) is 45.6 Å². The zero-order valence-electron chi connectivity index (χ0n) is 19.2. The molecule has 0 aromatic heterocycles. The Bertz CT molecular complexity index is 784. The Morgan fingerprint density at radius 3 is 2.53 bits per heavy atom. The molecule has 32 heavy (non-hydrogen) atoms. The predicted octanol–water partition coefficient (Wildman–Crippen LogP) is 1.72. The molecule has 0 radical (unpaired) electrons. The molecule has 0 aliphatic carbocycles. The van der Waals surface area contributed by atoms with E-state index in [0.717, 1.165) is 24.8 Å². The van der Waals surface area contributed by atoms with Gasteiger partial charge in [-0.25, -0.2) is 4.79 Å². The van der Waals surface area contributed by atoms with Gasteiger partial charge in [-0.3, -0.25) is 4.79 Å². The van der Waals surface area contributed by atoms with Crippen LogP contribution >= 0.6 is 0 Å². The lowest BCUT2D eigenvalue weighted by molar-refractivity contribution is -0.136. The first-order chi connectivity index (χ1) is 15.2. The van der Waals surface area contributed by atoms with Gasteiger partial charge in [-0.2, -0.15) is 5.26 Å². The van der Waals surface area contributed by atoms with Gasteiger partial charge < -0.3 is 25.6 Å². The Labute approximate surface area is 191 Å². The smallest absolute Gasteiger partial charge is 0.426 e. The maximum absolute atomic E-state index is 13.0. The molecule has 1 aromatic rings. The van der Waals surface area contributed by atoms with Gasteiger partial charge in [0.25, 0.3) is 0 Å². The summed E-state index contributed by atoms with van der Waals surface area (Å²) in [5.74, 6) is -1.35. The maximum Gasteiger partial charge on any atom is 0.475 e. The summed E-state index contributed by atoms with van der Waals surface area (Å²) in [4.78, 5) is 27.2. The molecule has 1 fully saturated rings. The predicted molar refractivity (Wildman–Crippen MR) is 123 cm³/mol. The van der Waals surface area contributed by atoms with Crippen LogP contribution in [-0.2, 0) is 11.2 Å². The van der Waals surface area contributed by atoms with E-state index in [-0.39, 0.29) is 30.8 Å². The first-order valence-electron chi connectivity index (χ1n) is 11.4. The third kappa shape index (κ3) is 7.54. The lowest BCUT2D eigenvalue weighted by atomic mass is 9.76. The van der Waals surface area contributed by atoms with Crippen molar-refractivity contribution in [1.29, 1.82) is 5.26 Å². The standard InChI is InChI=1S/C23H35BN4O4/c1-16(2)12-17(3)20(14-25)22(29)28-11-7-10-19(28)15-26-23(30)27-21(24(31)32)13-18-8-5-4-6-9-18/h4-6,8-9,16-17,19-21,31-32H,7,10-13,15H2,1-3H3,(H2,26,27,30)/t17?,19-,20?,21+/m1/s1. The highest BCUT2D eigenvalue weighted by Gasteiger charge is 2.36. The summed E-state index contributed by atoms with van der Waals surface area (Å²) in [6, 6.07) is 10.7. The second kappa shape index (κ2) is 12.5. The molecular formula is C23H35BN4O4. The van der Waals surface area contributed by atoms with Crippen LogP contribution in [-0.4, -0.2) is 59.1 Å². The van der Waals surface area contributed by atoms with E-state index in [1.807, 2.05) is 37.3 Å². The van der Waals surface area contributed by atoms with Crippen molar-refractivity contribution in [2.24, 2.45) is 17.8 Å². The lowest BCUT2D eigenvalue weighted by Crippen LogP contribution is -2.53. The van der Waals surface area contributed by atoms with Gasteiger partial charge in [-0.1, -0.05) is 51.1 Å². The molecule has 3 amide bonds. The maximum atomic E-state index is 13.0. The average molecular weight is 442 g/mol. The molecule has 4 N–H and O–H groups in total. The first-order valence-corrected chi connectivity index (χ1v) is 11.4. The van der Waals surface area contributed by atoms with Crippen LogP contribution in [0.5, 0.6) is 0 Å². The first kappa shape index (κ1) is 25.7. The Morgan fingerprint density at radius 1 is 1.25 bits per heavy atom. The van der Waals surface area contributed by atoms with E-state index < -0.39 is 25.0 Å². The molecule has 1 heterocycles. The fraction of sp³-hybridized carbons (Fsp3) is 0.609. The monoisotopic (exact) mass is 442 g/mol.